The molecule has 0 spiro atoms. The first kappa shape index (κ1) is 24.0. The molecule has 0 aliphatic rings. The second kappa shape index (κ2) is 12.4. The van der Waals surface area contributed by atoms with Gasteiger partial charge in [-0.25, -0.2) is 4.79 Å². The number of nitrogens with two attached hydrogens (primary N) is 1. The van der Waals surface area contributed by atoms with E-state index in [4.69, 9.17) is 10.5 Å². The molecule has 2 atom stereocenters. The van der Waals surface area contributed by atoms with Gasteiger partial charge < -0.3 is 21.1 Å². The number of carbonyl (C=O) groups is 2. The molecule has 0 saturated carbocycles. The van der Waals surface area contributed by atoms with Crippen LogP contribution >= 0.6 is 0 Å². The van der Waals surface area contributed by atoms with Crippen LogP contribution in [0.4, 0.5) is 4.79 Å². The van der Waals surface area contributed by atoms with E-state index in [1.165, 1.54) is 0 Å². The fraction of sp³-hybridized carbons (Fsp3) is 0.259. The van der Waals surface area contributed by atoms with Gasteiger partial charge in [-0.3, -0.25) is 4.79 Å². The lowest BCUT2D eigenvalue weighted by Gasteiger charge is -2.18. The van der Waals surface area contributed by atoms with Crippen LogP contribution in [0, 0.1) is 0 Å². The maximum Gasteiger partial charge on any atom is 0.407 e. The molecule has 2 amide bonds. The Kier molecular flexibility index (Phi) is 9.03. The van der Waals surface area contributed by atoms with Gasteiger partial charge in [0.05, 0.1) is 12.1 Å². The second-order valence-electron chi connectivity index (χ2n) is 7.96. The summed E-state index contributed by atoms with van der Waals surface area (Å²) in [6, 6.07) is 27.0. The highest BCUT2D eigenvalue weighted by atomic mass is 16.5. The van der Waals surface area contributed by atoms with Gasteiger partial charge in [0, 0.05) is 6.54 Å². The third-order valence-corrected chi connectivity index (χ3v) is 5.39. The number of ether oxygens (including phenoxy) is 1. The molecule has 3 aromatic rings. The largest absolute Gasteiger partial charge is 0.445 e. The van der Waals surface area contributed by atoms with E-state index in [0.717, 1.165) is 22.3 Å². The van der Waals surface area contributed by atoms with Crippen LogP contribution in [0.15, 0.2) is 84.9 Å². The van der Waals surface area contributed by atoms with Gasteiger partial charge in [-0.05, 0) is 42.0 Å². The Balaban J connectivity index is 1.35. The van der Waals surface area contributed by atoms with Crippen LogP contribution in [0.1, 0.15) is 36.9 Å². The molecule has 4 N–H and O–H groups in total. The number of benzene rings is 3. The number of rotatable bonds is 10. The summed E-state index contributed by atoms with van der Waals surface area (Å²) in [7, 11) is 0. The minimum atomic E-state index is -0.641. The van der Waals surface area contributed by atoms with E-state index in [-0.39, 0.29) is 18.6 Å². The molecule has 3 aromatic carbocycles. The Hall–Kier alpha value is -3.64. The van der Waals surface area contributed by atoms with E-state index in [1.807, 2.05) is 67.6 Å². The van der Waals surface area contributed by atoms with E-state index in [1.54, 1.807) is 0 Å². The van der Waals surface area contributed by atoms with Crippen molar-refractivity contribution in [3.05, 3.63) is 96.1 Å². The van der Waals surface area contributed by atoms with Crippen LogP contribution < -0.4 is 16.4 Å². The van der Waals surface area contributed by atoms with Crippen molar-refractivity contribution in [1.82, 2.24) is 10.6 Å². The molecule has 0 bridgehead atoms. The van der Waals surface area contributed by atoms with Gasteiger partial charge in [-0.15, -0.1) is 0 Å². The summed E-state index contributed by atoms with van der Waals surface area (Å²) in [5, 5.41) is 5.65. The van der Waals surface area contributed by atoms with Crippen molar-refractivity contribution in [2.45, 2.75) is 38.5 Å². The molecular formula is C27H31N3O3. The zero-order chi connectivity index (χ0) is 23.5. The molecule has 0 aliphatic heterocycles. The van der Waals surface area contributed by atoms with Crippen LogP contribution in [0.25, 0.3) is 11.1 Å². The van der Waals surface area contributed by atoms with Crippen LogP contribution in [0.5, 0.6) is 0 Å². The van der Waals surface area contributed by atoms with Gasteiger partial charge in [-0.1, -0.05) is 84.9 Å². The number of alkyl carbamates (subject to hydrolysis) is 1. The van der Waals surface area contributed by atoms with Gasteiger partial charge in [0.15, 0.2) is 0 Å². The summed E-state index contributed by atoms with van der Waals surface area (Å²) in [4.78, 5) is 24.2. The number of carbonyl (C=O) groups excluding carboxylic acids is 2. The van der Waals surface area contributed by atoms with Gasteiger partial charge in [-0.2, -0.15) is 0 Å². The average Bonchev–Trinajstić information content (AvgIpc) is 2.86. The topological polar surface area (TPSA) is 93.5 Å². The Morgan fingerprint density at radius 2 is 1.48 bits per heavy atom. The lowest BCUT2D eigenvalue weighted by Crippen LogP contribution is -2.42. The Morgan fingerprint density at radius 3 is 2.15 bits per heavy atom. The van der Waals surface area contributed by atoms with Crippen molar-refractivity contribution >= 4 is 12.0 Å². The lowest BCUT2D eigenvalue weighted by atomic mass is 10.0. The molecule has 6 nitrogen and oxygen atoms in total. The third-order valence-electron chi connectivity index (χ3n) is 5.39. The number of amides is 2. The Bertz CT molecular complexity index is 1010. The zero-order valence-electron chi connectivity index (χ0n) is 18.9. The highest BCUT2D eigenvalue weighted by molar-refractivity contribution is 5.81. The fourth-order valence-electron chi connectivity index (χ4n) is 3.42. The first-order chi connectivity index (χ1) is 16.0. The second-order valence-corrected chi connectivity index (χ2v) is 7.96. The fourth-order valence-corrected chi connectivity index (χ4v) is 3.42. The van der Waals surface area contributed by atoms with Crippen molar-refractivity contribution < 1.29 is 14.3 Å². The van der Waals surface area contributed by atoms with Crippen LogP contribution in [-0.4, -0.2) is 24.6 Å². The first-order valence-electron chi connectivity index (χ1n) is 11.2. The number of hydrogen-bond acceptors (Lipinski definition) is 4. The summed E-state index contributed by atoms with van der Waals surface area (Å²) in [5.41, 5.74) is 10.3. The highest BCUT2D eigenvalue weighted by Gasteiger charge is 2.16. The van der Waals surface area contributed by atoms with Crippen molar-refractivity contribution in [2.24, 2.45) is 5.73 Å². The molecule has 0 aliphatic carbocycles. The molecule has 0 saturated heterocycles. The molecule has 0 fully saturated rings. The summed E-state index contributed by atoms with van der Waals surface area (Å²) in [5.74, 6) is -0.207. The molecule has 0 heterocycles. The van der Waals surface area contributed by atoms with E-state index >= 15 is 0 Å². The van der Waals surface area contributed by atoms with Crippen LogP contribution in [0.2, 0.25) is 0 Å². The minimum absolute atomic E-state index is 0.153. The highest BCUT2D eigenvalue weighted by Crippen LogP contribution is 2.21. The molecule has 0 radical (unpaired) electrons. The zero-order valence-corrected chi connectivity index (χ0v) is 18.9. The van der Waals surface area contributed by atoms with Crippen molar-refractivity contribution in [2.75, 3.05) is 6.54 Å². The van der Waals surface area contributed by atoms with E-state index in [2.05, 4.69) is 34.9 Å². The van der Waals surface area contributed by atoms with Gasteiger partial charge in [0.1, 0.15) is 6.61 Å². The third kappa shape index (κ3) is 7.77. The van der Waals surface area contributed by atoms with Crippen molar-refractivity contribution in [3.8, 4) is 11.1 Å². The lowest BCUT2D eigenvalue weighted by molar-refractivity contribution is -0.123. The Labute approximate surface area is 195 Å². The minimum Gasteiger partial charge on any atom is -0.445 e. The van der Waals surface area contributed by atoms with Gasteiger partial charge >= 0.3 is 6.09 Å². The Morgan fingerprint density at radius 1 is 0.879 bits per heavy atom. The monoisotopic (exact) mass is 445 g/mol. The predicted molar refractivity (Wildman–Crippen MR) is 130 cm³/mol. The summed E-state index contributed by atoms with van der Waals surface area (Å²) >= 11 is 0. The van der Waals surface area contributed by atoms with Crippen molar-refractivity contribution in [3.63, 3.8) is 0 Å². The summed E-state index contributed by atoms with van der Waals surface area (Å²) < 4.78 is 5.16. The molecular weight excluding hydrogens is 414 g/mol. The van der Waals surface area contributed by atoms with E-state index < -0.39 is 12.1 Å². The quantitative estimate of drug-likeness (QED) is 0.399. The van der Waals surface area contributed by atoms with E-state index in [9.17, 15) is 9.59 Å². The van der Waals surface area contributed by atoms with Crippen LogP contribution in [-0.2, 0) is 16.1 Å². The maximum atomic E-state index is 12.5. The smallest absolute Gasteiger partial charge is 0.407 e. The molecule has 172 valence electrons. The van der Waals surface area contributed by atoms with E-state index in [0.29, 0.717) is 19.4 Å². The number of nitrogens with one attached hydrogen (secondary N) is 2. The molecule has 0 unspecified atom stereocenters. The molecule has 33 heavy (non-hydrogen) atoms. The normalized spacial score (nSPS) is 12.4. The molecule has 6 heteroatoms. The SMILES string of the molecule is C[C@H](NC(=O)[C@H](N)CCCNC(=O)OCc1ccccc1)c1ccc(-c2ccccc2)cc1. The van der Waals surface area contributed by atoms with Gasteiger partial charge in [0.25, 0.3) is 0 Å². The predicted octanol–water partition coefficient (Wildman–Crippen LogP) is 4.56. The molecule has 0 aromatic heterocycles. The first-order valence-corrected chi connectivity index (χ1v) is 11.2. The average molecular weight is 446 g/mol. The molecule has 3 rings (SSSR count). The maximum absolute atomic E-state index is 12.5. The standard InChI is InChI=1S/C27H31N3O3/c1-20(22-14-16-24(17-15-22)23-11-6-3-7-12-23)30-26(31)25(28)13-8-18-29-27(32)33-19-21-9-4-2-5-10-21/h2-7,9-12,14-17,20,25H,8,13,18-19,28H2,1H3,(H,29,32)(H,30,31)/t20-,25+/m0/s1. The summed E-state index contributed by atoms with van der Waals surface area (Å²) in [6.07, 6.45) is 0.559. The van der Waals surface area contributed by atoms with Gasteiger partial charge in [0.2, 0.25) is 5.91 Å². The summed E-state index contributed by atoms with van der Waals surface area (Å²) in [6.45, 7) is 2.55. The number of hydrogen-bond donors (Lipinski definition) is 3. The van der Waals surface area contributed by atoms with Crippen LogP contribution in [0.3, 0.4) is 0 Å². The van der Waals surface area contributed by atoms with Crippen molar-refractivity contribution in [1.29, 1.82) is 0 Å².